The largest absolute Gasteiger partial charge is 0.468 e. The van der Waals surface area contributed by atoms with Crippen molar-refractivity contribution in [2.45, 2.75) is 23.7 Å². The number of anilines is 2. The fraction of sp³-hybridized carbons (Fsp3) is 0.375. The van der Waals surface area contributed by atoms with Crippen molar-refractivity contribution in [2.24, 2.45) is 0 Å². The minimum absolute atomic E-state index is 0.0628. The molecule has 0 fully saturated rings. The molecule has 0 unspecified atom stereocenters. The molecule has 1 amide bonds. The molecular weight excluding hydrogens is 460 g/mol. The Bertz CT molecular complexity index is 982. The molecule has 0 aliphatic rings. The summed E-state index contributed by atoms with van der Waals surface area (Å²) >= 11 is 8.18. The topological polar surface area (TPSA) is 119 Å². The third-order valence-electron chi connectivity index (χ3n) is 3.57. The van der Waals surface area contributed by atoms with Crippen molar-refractivity contribution >= 4 is 67.4 Å². The van der Waals surface area contributed by atoms with Crippen LogP contribution in [0.15, 0.2) is 28.6 Å². The maximum absolute atomic E-state index is 12.8. The first-order valence-corrected chi connectivity index (χ1v) is 12.3. The van der Waals surface area contributed by atoms with E-state index in [1.807, 2.05) is 0 Å². The summed E-state index contributed by atoms with van der Waals surface area (Å²) in [6, 6.07) is 5.25. The van der Waals surface area contributed by atoms with E-state index in [0.717, 1.165) is 33.7 Å². The monoisotopic (exact) mass is 478 g/mol. The second kappa shape index (κ2) is 10.2. The normalized spacial score (nSPS) is 12.3. The van der Waals surface area contributed by atoms with E-state index in [2.05, 4.69) is 20.3 Å². The Morgan fingerprint density at radius 2 is 2.10 bits per heavy atom. The number of methoxy groups -OCH3 is 1. The first kappa shape index (κ1) is 23.4. The minimum Gasteiger partial charge on any atom is -0.468 e. The van der Waals surface area contributed by atoms with Crippen LogP contribution in [0.25, 0.3) is 0 Å². The Morgan fingerprint density at radius 1 is 1.38 bits per heavy atom. The number of aromatic nitrogens is 2. The number of nitrogens with zero attached hydrogens (tertiary/aromatic N) is 3. The zero-order valence-electron chi connectivity index (χ0n) is 15.8. The number of rotatable bonds is 9. The molecule has 0 saturated carbocycles. The second-order valence-corrected chi connectivity index (χ2v) is 10.2. The van der Waals surface area contributed by atoms with Gasteiger partial charge in [-0.2, -0.15) is 0 Å². The average molecular weight is 479 g/mol. The summed E-state index contributed by atoms with van der Waals surface area (Å²) in [5, 5.41) is 10.9. The van der Waals surface area contributed by atoms with Crippen molar-refractivity contribution in [3.63, 3.8) is 0 Å². The number of thioether (sulfide) groups is 1. The Hall–Kier alpha value is -1.89. The first-order chi connectivity index (χ1) is 13.7. The lowest BCUT2D eigenvalue weighted by atomic mass is 10.2. The van der Waals surface area contributed by atoms with Gasteiger partial charge in [0.25, 0.3) is 0 Å². The van der Waals surface area contributed by atoms with Gasteiger partial charge < -0.3 is 4.74 Å². The van der Waals surface area contributed by atoms with Gasteiger partial charge in [-0.15, -0.1) is 10.2 Å². The van der Waals surface area contributed by atoms with Gasteiger partial charge in [0.1, 0.15) is 6.04 Å². The lowest BCUT2D eigenvalue weighted by molar-refractivity contribution is -0.137. The molecule has 0 bridgehead atoms. The highest BCUT2D eigenvalue weighted by atomic mass is 35.5. The van der Waals surface area contributed by atoms with Crippen molar-refractivity contribution in [2.75, 3.05) is 28.7 Å². The standard InChI is InChI=1S/C16H19ClN4O5S3/c1-4-12(21(29(3,24)25)11-7-5-6-10(17)8-11)14(23)18-15-19-20-16(28-15)27-9-13(22)26-2/h5-8,12H,4,9H2,1-3H3,(H,18,19,23)/t12-/m1/s1. The summed E-state index contributed by atoms with van der Waals surface area (Å²) in [7, 11) is -2.49. The minimum atomic E-state index is -3.77. The Labute approximate surface area is 181 Å². The third-order valence-corrected chi connectivity index (χ3v) is 6.93. The molecule has 158 valence electrons. The second-order valence-electron chi connectivity index (χ2n) is 5.69. The Morgan fingerprint density at radius 3 is 2.69 bits per heavy atom. The summed E-state index contributed by atoms with van der Waals surface area (Å²) in [4.78, 5) is 24.0. The molecule has 1 aromatic heterocycles. The predicted octanol–water partition coefficient (Wildman–Crippen LogP) is 2.64. The number of nitrogens with one attached hydrogen (secondary N) is 1. The van der Waals surface area contributed by atoms with Crippen molar-refractivity contribution < 1.29 is 22.7 Å². The highest BCUT2D eigenvalue weighted by molar-refractivity contribution is 8.01. The van der Waals surface area contributed by atoms with Crippen molar-refractivity contribution in [1.29, 1.82) is 0 Å². The van der Waals surface area contributed by atoms with E-state index in [1.54, 1.807) is 25.1 Å². The highest BCUT2D eigenvalue weighted by Gasteiger charge is 2.32. The number of hydrogen-bond acceptors (Lipinski definition) is 9. The van der Waals surface area contributed by atoms with Gasteiger partial charge in [-0.1, -0.05) is 47.7 Å². The van der Waals surface area contributed by atoms with Crippen LogP contribution in [-0.4, -0.2) is 55.7 Å². The number of ether oxygens (including phenoxy) is 1. The lowest BCUT2D eigenvalue weighted by Gasteiger charge is -2.29. The van der Waals surface area contributed by atoms with Crippen molar-refractivity contribution in [3.05, 3.63) is 29.3 Å². The molecule has 0 aliphatic heterocycles. The maximum Gasteiger partial charge on any atom is 0.316 e. The lowest BCUT2D eigenvalue weighted by Crippen LogP contribution is -2.47. The van der Waals surface area contributed by atoms with Crippen LogP contribution < -0.4 is 9.62 Å². The van der Waals surface area contributed by atoms with Gasteiger partial charge in [0.05, 0.1) is 24.8 Å². The smallest absolute Gasteiger partial charge is 0.316 e. The van der Waals surface area contributed by atoms with Crippen LogP contribution in [0.2, 0.25) is 5.02 Å². The fourth-order valence-electron chi connectivity index (χ4n) is 2.36. The summed E-state index contributed by atoms with van der Waals surface area (Å²) < 4.78 is 30.9. The molecule has 1 aromatic carbocycles. The van der Waals surface area contributed by atoms with Gasteiger partial charge in [-0.3, -0.25) is 19.2 Å². The summed E-state index contributed by atoms with van der Waals surface area (Å²) in [6.07, 6.45) is 1.24. The third kappa shape index (κ3) is 6.56. The number of carbonyl (C=O) groups is 2. The number of benzene rings is 1. The molecule has 0 aliphatic carbocycles. The van der Waals surface area contributed by atoms with Crippen LogP contribution in [-0.2, 0) is 24.3 Å². The van der Waals surface area contributed by atoms with Gasteiger partial charge in [-0.05, 0) is 24.6 Å². The number of halogens is 1. The first-order valence-electron chi connectivity index (χ1n) is 8.24. The van der Waals surface area contributed by atoms with E-state index in [4.69, 9.17) is 11.6 Å². The van der Waals surface area contributed by atoms with Crippen molar-refractivity contribution in [3.8, 4) is 0 Å². The van der Waals surface area contributed by atoms with Crippen LogP contribution >= 0.6 is 34.7 Å². The van der Waals surface area contributed by atoms with Gasteiger partial charge >= 0.3 is 5.97 Å². The number of hydrogen-bond donors (Lipinski definition) is 1. The van der Waals surface area contributed by atoms with E-state index in [1.165, 1.54) is 13.2 Å². The molecule has 29 heavy (non-hydrogen) atoms. The summed E-state index contributed by atoms with van der Waals surface area (Å²) in [5.74, 6) is -0.904. The van der Waals surface area contributed by atoms with Gasteiger partial charge in [0.2, 0.25) is 21.1 Å². The summed E-state index contributed by atoms with van der Waals surface area (Å²) in [6.45, 7) is 1.70. The number of esters is 1. The predicted molar refractivity (Wildman–Crippen MR) is 114 cm³/mol. The van der Waals surface area contributed by atoms with Crippen LogP contribution in [0.1, 0.15) is 13.3 Å². The quantitative estimate of drug-likeness (QED) is 0.332. The Balaban J connectivity index is 2.20. The highest BCUT2D eigenvalue weighted by Crippen LogP contribution is 2.28. The SMILES string of the molecule is CC[C@H](C(=O)Nc1nnc(SCC(=O)OC)s1)N(c1cccc(Cl)c1)S(C)(=O)=O. The molecular formula is C16H19ClN4O5S3. The van der Waals surface area contributed by atoms with E-state index in [-0.39, 0.29) is 23.0 Å². The average Bonchev–Trinajstić information content (AvgIpc) is 3.10. The maximum atomic E-state index is 12.8. The molecule has 1 heterocycles. The van der Waals surface area contributed by atoms with Crippen LogP contribution in [0.5, 0.6) is 0 Å². The van der Waals surface area contributed by atoms with Crippen LogP contribution in [0.3, 0.4) is 0 Å². The van der Waals surface area contributed by atoms with Gasteiger partial charge in [-0.25, -0.2) is 8.42 Å². The fourth-order valence-corrected chi connectivity index (χ4v) is 5.34. The van der Waals surface area contributed by atoms with E-state index in [0.29, 0.717) is 9.36 Å². The van der Waals surface area contributed by atoms with E-state index >= 15 is 0 Å². The molecule has 0 radical (unpaired) electrons. The van der Waals surface area contributed by atoms with E-state index < -0.39 is 27.9 Å². The zero-order valence-corrected chi connectivity index (χ0v) is 19.0. The van der Waals surface area contributed by atoms with Crippen LogP contribution in [0.4, 0.5) is 10.8 Å². The number of sulfonamides is 1. The zero-order chi connectivity index (χ0) is 21.6. The Kier molecular flexibility index (Phi) is 8.25. The number of amides is 1. The van der Waals surface area contributed by atoms with Crippen molar-refractivity contribution in [1.82, 2.24) is 10.2 Å². The molecule has 9 nitrogen and oxygen atoms in total. The van der Waals surface area contributed by atoms with Crippen LogP contribution in [0, 0.1) is 0 Å². The van der Waals surface area contributed by atoms with E-state index in [9.17, 15) is 18.0 Å². The molecule has 13 heteroatoms. The molecule has 0 spiro atoms. The van der Waals surface area contributed by atoms with Gasteiger partial charge in [0.15, 0.2) is 4.34 Å². The van der Waals surface area contributed by atoms with Gasteiger partial charge in [0, 0.05) is 5.02 Å². The molecule has 0 saturated heterocycles. The molecule has 1 N–H and O–H groups in total. The summed E-state index contributed by atoms with van der Waals surface area (Å²) in [5.41, 5.74) is 0.286. The molecule has 2 rings (SSSR count). The molecule has 2 aromatic rings. The number of carbonyl (C=O) groups excluding carboxylic acids is 2. The molecule has 1 atom stereocenters.